The molecule has 1 N–H and O–H groups in total. The van der Waals surface area contributed by atoms with Crippen LogP contribution < -0.4 is 4.72 Å². The summed E-state index contributed by atoms with van der Waals surface area (Å²) in [5, 5.41) is 0. The minimum Gasteiger partial charge on any atom is -0.274 e. The molecule has 0 radical (unpaired) electrons. The Bertz CT molecular complexity index is 1100. The van der Waals surface area contributed by atoms with E-state index >= 15 is 0 Å². The normalized spacial score (nSPS) is 18.3. The van der Waals surface area contributed by atoms with Gasteiger partial charge < -0.3 is 0 Å². The van der Waals surface area contributed by atoms with Crippen molar-refractivity contribution < 1.29 is 30.4 Å². The SMILES string of the molecule is O=C(NS(=O)(=O)c1ccc(F)cc1)[C@@H]1CCCN(S(=O)(=O)c2ccc(F)cc2)C1. The van der Waals surface area contributed by atoms with E-state index in [2.05, 4.69) is 0 Å². The molecule has 0 aliphatic carbocycles. The molecule has 2 aromatic rings. The minimum absolute atomic E-state index is 0.112. The molecule has 1 heterocycles. The van der Waals surface area contributed by atoms with Gasteiger partial charge in [0.15, 0.2) is 0 Å². The molecule has 1 aliphatic rings. The van der Waals surface area contributed by atoms with Crippen molar-refractivity contribution in [3.05, 3.63) is 60.2 Å². The van der Waals surface area contributed by atoms with Crippen LogP contribution in [0.5, 0.6) is 0 Å². The Labute approximate surface area is 167 Å². The van der Waals surface area contributed by atoms with Gasteiger partial charge in [0.25, 0.3) is 10.0 Å². The molecule has 3 rings (SSSR count). The average Bonchev–Trinajstić information content (AvgIpc) is 2.68. The quantitative estimate of drug-likeness (QED) is 0.759. The van der Waals surface area contributed by atoms with Gasteiger partial charge in [-0.15, -0.1) is 0 Å². The monoisotopic (exact) mass is 444 g/mol. The van der Waals surface area contributed by atoms with E-state index in [0.29, 0.717) is 12.8 Å². The van der Waals surface area contributed by atoms with Gasteiger partial charge in [0.05, 0.1) is 15.7 Å². The summed E-state index contributed by atoms with van der Waals surface area (Å²) in [5.74, 6) is -2.92. The van der Waals surface area contributed by atoms with Gasteiger partial charge >= 0.3 is 0 Å². The highest BCUT2D eigenvalue weighted by atomic mass is 32.2. The highest BCUT2D eigenvalue weighted by molar-refractivity contribution is 7.90. The van der Waals surface area contributed by atoms with Crippen molar-refractivity contribution >= 4 is 26.0 Å². The molecule has 0 spiro atoms. The molecule has 1 saturated heterocycles. The first-order chi connectivity index (χ1) is 13.6. The highest BCUT2D eigenvalue weighted by Gasteiger charge is 2.34. The van der Waals surface area contributed by atoms with E-state index in [9.17, 15) is 30.4 Å². The van der Waals surface area contributed by atoms with E-state index in [-0.39, 0.29) is 22.9 Å². The van der Waals surface area contributed by atoms with Crippen LogP contribution in [-0.2, 0) is 24.8 Å². The van der Waals surface area contributed by atoms with Gasteiger partial charge in [-0.05, 0) is 61.4 Å². The first kappa shape index (κ1) is 21.3. The van der Waals surface area contributed by atoms with Crippen LogP contribution in [0.15, 0.2) is 58.3 Å². The fourth-order valence-corrected chi connectivity index (χ4v) is 5.59. The van der Waals surface area contributed by atoms with Crippen molar-refractivity contribution in [3.8, 4) is 0 Å². The van der Waals surface area contributed by atoms with E-state index < -0.39 is 43.5 Å². The Balaban J connectivity index is 1.74. The number of benzene rings is 2. The largest absolute Gasteiger partial charge is 0.274 e. The van der Waals surface area contributed by atoms with Crippen molar-refractivity contribution in [2.75, 3.05) is 13.1 Å². The summed E-state index contributed by atoms with van der Waals surface area (Å²) >= 11 is 0. The predicted octanol–water partition coefficient (Wildman–Crippen LogP) is 1.87. The molecule has 11 heteroatoms. The van der Waals surface area contributed by atoms with Crippen molar-refractivity contribution in [1.82, 2.24) is 9.03 Å². The van der Waals surface area contributed by atoms with Gasteiger partial charge in [0.2, 0.25) is 15.9 Å². The number of amides is 1. The van der Waals surface area contributed by atoms with Crippen molar-refractivity contribution in [2.45, 2.75) is 22.6 Å². The van der Waals surface area contributed by atoms with Crippen molar-refractivity contribution in [2.24, 2.45) is 5.92 Å². The third-order valence-corrected chi connectivity index (χ3v) is 7.81. The molecule has 7 nitrogen and oxygen atoms in total. The van der Waals surface area contributed by atoms with Gasteiger partial charge in [0.1, 0.15) is 11.6 Å². The fourth-order valence-electron chi connectivity index (χ4n) is 3.02. The molecule has 1 aliphatic heterocycles. The standard InChI is InChI=1S/C18H18F2N2O5S2/c19-14-3-7-16(8-4-14)28(24,25)21-18(23)13-2-1-11-22(12-13)29(26,27)17-9-5-15(20)6-10-17/h3-10,13H,1-2,11-12H2,(H,21,23)/t13-/m1/s1. The lowest BCUT2D eigenvalue weighted by atomic mass is 9.99. The Morgan fingerprint density at radius 3 is 1.97 bits per heavy atom. The predicted molar refractivity (Wildman–Crippen MR) is 99.6 cm³/mol. The van der Waals surface area contributed by atoms with Crippen molar-refractivity contribution in [1.29, 1.82) is 0 Å². The molecular formula is C18H18F2N2O5S2. The van der Waals surface area contributed by atoms with Gasteiger partial charge in [-0.25, -0.2) is 30.3 Å². The molecule has 0 unspecified atom stereocenters. The Morgan fingerprint density at radius 2 is 1.41 bits per heavy atom. The van der Waals surface area contributed by atoms with E-state index in [1.807, 2.05) is 4.72 Å². The number of hydrogen-bond acceptors (Lipinski definition) is 5. The number of nitrogens with zero attached hydrogens (tertiary/aromatic N) is 1. The van der Waals surface area contributed by atoms with Crippen LogP contribution in [0.1, 0.15) is 12.8 Å². The molecule has 1 amide bonds. The van der Waals surface area contributed by atoms with Gasteiger partial charge in [-0.2, -0.15) is 4.31 Å². The Morgan fingerprint density at radius 1 is 0.897 bits per heavy atom. The van der Waals surface area contributed by atoms with Crippen LogP contribution in [0.3, 0.4) is 0 Å². The summed E-state index contributed by atoms with van der Waals surface area (Å²) in [6.45, 7) is -0.0430. The summed E-state index contributed by atoms with van der Waals surface area (Å²) in [5.41, 5.74) is 0. The second-order valence-electron chi connectivity index (χ2n) is 6.58. The van der Waals surface area contributed by atoms with Gasteiger partial charge in [-0.3, -0.25) is 4.79 Å². The number of carbonyl (C=O) groups is 1. The van der Waals surface area contributed by atoms with Crippen molar-refractivity contribution in [3.63, 3.8) is 0 Å². The summed E-state index contributed by atoms with van der Waals surface area (Å²) in [7, 11) is -8.16. The topological polar surface area (TPSA) is 101 Å². The molecule has 0 bridgehead atoms. The lowest BCUT2D eigenvalue weighted by Gasteiger charge is -2.31. The number of halogens is 2. The van der Waals surface area contributed by atoms with Gasteiger partial charge in [-0.1, -0.05) is 0 Å². The van der Waals surface area contributed by atoms with Gasteiger partial charge in [0, 0.05) is 13.1 Å². The first-order valence-electron chi connectivity index (χ1n) is 8.67. The molecule has 2 aromatic carbocycles. The zero-order chi connectivity index (χ0) is 21.2. The van der Waals surface area contributed by atoms with Crippen LogP contribution in [0.2, 0.25) is 0 Å². The average molecular weight is 444 g/mol. The maximum atomic E-state index is 13.1. The molecule has 0 saturated carbocycles. The second-order valence-corrected chi connectivity index (χ2v) is 10.2. The molecule has 0 aromatic heterocycles. The number of nitrogens with one attached hydrogen (secondary N) is 1. The Hall–Kier alpha value is -2.37. The maximum Gasteiger partial charge on any atom is 0.264 e. The summed E-state index contributed by atoms with van der Waals surface area (Å²) < 4.78 is 79.1. The summed E-state index contributed by atoms with van der Waals surface area (Å²) in [6, 6.07) is 8.27. The van der Waals surface area contributed by atoms with Crippen LogP contribution in [-0.4, -0.2) is 40.1 Å². The molecule has 29 heavy (non-hydrogen) atoms. The third-order valence-electron chi connectivity index (χ3n) is 4.57. The van der Waals surface area contributed by atoms with Crippen LogP contribution in [0, 0.1) is 17.6 Å². The lowest BCUT2D eigenvalue weighted by Crippen LogP contribution is -2.46. The zero-order valence-corrected chi connectivity index (χ0v) is 16.7. The molecule has 1 fully saturated rings. The maximum absolute atomic E-state index is 13.1. The fraction of sp³-hybridized carbons (Fsp3) is 0.278. The number of hydrogen-bond donors (Lipinski definition) is 1. The van der Waals surface area contributed by atoms with E-state index in [1.54, 1.807) is 0 Å². The second kappa shape index (κ2) is 8.17. The van der Waals surface area contributed by atoms with E-state index in [1.165, 1.54) is 0 Å². The molecule has 1 atom stereocenters. The smallest absolute Gasteiger partial charge is 0.264 e. The highest BCUT2D eigenvalue weighted by Crippen LogP contribution is 2.24. The van der Waals surface area contributed by atoms with Crippen LogP contribution in [0.25, 0.3) is 0 Å². The van der Waals surface area contributed by atoms with E-state index in [4.69, 9.17) is 0 Å². The van der Waals surface area contributed by atoms with Crippen LogP contribution >= 0.6 is 0 Å². The minimum atomic E-state index is -4.21. The number of rotatable bonds is 5. The summed E-state index contributed by atoms with van der Waals surface area (Å²) in [4.78, 5) is 12.1. The zero-order valence-electron chi connectivity index (χ0n) is 15.1. The number of sulfonamides is 2. The molecule has 156 valence electrons. The van der Waals surface area contributed by atoms with Crippen LogP contribution in [0.4, 0.5) is 8.78 Å². The lowest BCUT2D eigenvalue weighted by molar-refractivity contribution is -0.124. The number of carbonyl (C=O) groups excluding carboxylic acids is 1. The Kier molecular flexibility index (Phi) is 6.01. The molecular weight excluding hydrogens is 426 g/mol. The third kappa shape index (κ3) is 4.80. The first-order valence-corrected chi connectivity index (χ1v) is 11.6. The number of piperidine rings is 1. The summed E-state index contributed by atoms with van der Waals surface area (Å²) in [6.07, 6.45) is 0.662. The van der Waals surface area contributed by atoms with E-state index in [0.717, 1.165) is 52.8 Å².